The van der Waals surface area contributed by atoms with Crippen molar-refractivity contribution in [1.29, 1.82) is 0 Å². The molecule has 0 radical (unpaired) electrons. The second-order valence-electron chi connectivity index (χ2n) is 2.33. The molecule has 11 heavy (non-hydrogen) atoms. The van der Waals surface area contributed by atoms with Gasteiger partial charge >= 0.3 is 0 Å². The summed E-state index contributed by atoms with van der Waals surface area (Å²) >= 11 is 0. The Bertz CT molecular complexity index is 248. The molecule has 0 amide bonds. The zero-order valence-corrected chi connectivity index (χ0v) is 6.59. The van der Waals surface area contributed by atoms with Crippen molar-refractivity contribution >= 4 is 5.69 Å². The second kappa shape index (κ2) is 3.25. The third kappa shape index (κ3) is 1.85. The van der Waals surface area contributed by atoms with Crippen LogP contribution in [0.15, 0.2) is 18.2 Å². The predicted molar refractivity (Wildman–Crippen MR) is 43.5 cm³/mol. The van der Waals surface area contributed by atoms with Gasteiger partial charge in [-0.25, -0.2) is 0 Å². The molecule has 0 spiro atoms. The molecule has 3 nitrogen and oxygen atoms in total. The maximum atomic E-state index is 9.22. The van der Waals surface area contributed by atoms with Crippen LogP contribution in [0.1, 0.15) is 5.56 Å². The van der Waals surface area contributed by atoms with Gasteiger partial charge in [0.15, 0.2) is 0 Å². The zero-order chi connectivity index (χ0) is 8.27. The van der Waals surface area contributed by atoms with Gasteiger partial charge in [0.25, 0.3) is 0 Å². The predicted octanol–water partition coefficient (Wildman–Crippen LogP) is 1.67. The molecule has 1 aromatic carbocycles. The van der Waals surface area contributed by atoms with Gasteiger partial charge in [-0.1, -0.05) is 6.07 Å². The highest BCUT2D eigenvalue weighted by molar-refractivity contribution is 5.55. The van der Waals surface area contributed by atoms with Crippen molar-refractivity contribution in [3.05, 3.63) is 23.8 Å². The molecule has 2 N–H and O–H groups in total. The number of aryl methyl sites for hydroxylation is 1. The molecular formula is C8H11NO2. The number of aromatic hydroxyl groups is 1. The van der Waals surface area contributed by atoms with Gasteiger partial charge in [0.05, 0.1) is 7.11 Å². The van der Waals surface area contributed by atoms with Crippen molar-refractivity contribution in [1.82, 2.24) is 0 Å². The van der Waals surface area contributed by atoms with E-state index in [4.69, 9.17) is 0 Å². The maximum Gasteiger partial charge on any atom is 0.140 e. The second-order valence-corrected chi connectivity index (χ2v) is 2.33. The molecule has 0 aliphatic carbocycles. The highest BCUT2D eigenvalue weighted by Gasteiger charge is 1.98. The summed E-state index contributed by atoms with van der Waals surface area (Å²) in [6, 6.07) is 5.26. The fourth-order valence-corrected chi connectivity index (χ4v) is 0.842. The average molecular weight is 153 g/mol. The smallest absolute Gasteiger partial charge is 0.140 e. The van der Waals surface area contributed by atoms with Gasteiger partial charge in [-0.3, -0.25) is 10.3 Å². The van der Waals surface area contributed by atoms with E-state index in [0.717, 1.165) is 5.56 Å². The molecule has 0 bridgehead atoms. The fourth-order valence-electron chi connectivity index (χ4n) is 0.842. The highest BCUT2D eigenvalue weighted by Crippen LogP contribution is 2.23. The van der Waals surface area contributed by atoms with Gasteiger partial charge in [0.2, 0.25) is 0 Å². The van der Waals surface area contributed by atoms with Crippen LogP contribution in [0.2, 0.25) is 0 Å². The monoisotopic (exact) mass is 153 g/mol. The molecule has 1 aromatic rings. The average Bonchev–Trinajstić information content (AvgIpc) is 1.98. The molecule has 60 valence electrons. The van der Waals surface area contributed by atoms with Crippen LogP contribution in [0.25, 0.3) is 0 Å². The van der Waals surface area contributed by atoms with Gasteiger partial charge in [-0.05, 0) is 24.6 Å². The Hall–Kier alpha value is -1.22. The number of hydrogen-bond acceptors (Lipinski definition) is 3. The van der Waals surface area contributed by atoms with E-state index in [2.05, 4.69) is 10.3 Å². The van der Waals surface area contributed by atoms with Gasteiger partial charge in [-0.15, -0.1) is 0 Å². The summed E-state index contributed by atoms with van der Waals surface area (Å²) < 4.78 is 0. The maximum absolute atomic E-state index is 9.22. The Morgan fingerprint density at radius 2 is 2.18 bits per heavy atom. The van der Waals surface area contributed by atoms with Crippen LogP contribution in [0.4, 0.5) is 5.69 Å². The van der Waals surface area contributed by atoms with Crippen molar-refractivity contribution in [3.8, 4) is 5.75 Å². The Balaban J connectivity index is 2.93. The molecule has 3 heteroatoms. The third-order valence-corrected chi connectivity index (χ3v) is 1.36. The number of phenols is 1. The van der Waals surface area contributed by atoms with Gasteiger partial charge in [0, 0.05) is 0 Å². The number of phenolic OH excluding ortho intramolecular Hbond substituents is 1. The lowest BCUT2D eigenvalue weighted by atomic mass is 10.2. The van der Waals surface area contributed by atoms with Gasteiger partial charge < -0.3 is 5.11 Å². The molecular weight excluding hydrogens is 142 g/mol. The van der Waals surface area contributed by atoms with Crippen molar-refractivity contribution in [2.45, 2.75) is 6.92 Å². The number of hydrogen-bond donors (Lipinski definition) is 2. The van der Waals surface area contributed by atoms with Crippen molar-refractivity contribution < 1.29 is 9.94 Å². The van der Waals surface area contributed by atoms with E-state index in [1.807, 2.05) is 13.0 Å². The summed E-state index contributed by atoms with van der Waals surface area (Å²) in [4.78, 5) is 4.65. The van der Waals surface area contributed by atoms with E-state index >= 15 is 0 Å². The minimum atomic E-state index is 0.192. The van der Waals surface area contributed by atoms with Gasteiger partial charge in [-0.2, -0.15) is 0 Å². The molecule has 0 aliphatic rings. The molecule has 0 aromatic heterocycles. The number of rotatable bonds is 2. The van der Waals surface area contributed by atoms with E-state index in [-0.39, 0.29) is 5.75 Å². The molecule has 0 heterocycles. The quantitative estimate of drug-likeness (QED) is 0.501. The van der Waals surface area contributed by atoms with Crippen LogP contribution < -0.4 is 5.48 Å². The molecule has 0 fully saturated rings. The number of benzene rings is 1. The SMILES string of the molecule is CONc1cc(C)ccc1O. The Morgan fingerprint density at radius 3 is 2.82 bits per heavy atom. The van der Waals surface area contributed by atoms with E-state index in [0.29, 0.717) is 5.69 Å². The summed E-state index contributed by atoms with van der Waals surface area (Å²) in [6.07, 6.45) is 0. The summed E-state index contributed by atoms with van der Waals surface area (Å²) in [7, 11) is 1.50. The topological polar surface area (TPSA) is 41.5 Å². The zero-order valence-electron chi connectivity index (χ0n) is 6.59. The molecule has 1 rings (SSSR count). The first kappa shape index (κ1) is 7.88. The van der Waals surface area contributed by atoms with Crippen LogP contribution in [0.3, 0.4) is 0 Å². The minimum absolute atomic E-state index is 0.192. The lowest BCUT2D eigenvalue weighted by molar-refractivity contribution is 0.268. The van der Waals surface area contributed by atoms with Crippen LogP contribution in [0.5, 0.6) is 5.75 Å². The lowest BCUT2D eigenvalue weighted by Gasteiger charge is -2.05. The first-order chi connectivity index (χ1) is 5.24. The van der Waals surface area contributed by atoms with Crippen LogP contribution in [-0.2, 0) is 4.84 Å². The van der Waals surface area contributed by atoms with Crippen molar-refractivity contribution in [2.24, 2.45) is 0 Å². The van der Waals surface area contributed by atoms with Crippen molar-refractivity contribution in [3.63, 3.8) is 0 Å². The molecule has 0 saturated carbocycles. The van der Waals surface area contributed by atoms with Crippen LogP contribution >= 0.6 is 0 Å². The number of nitrogens with one attached hydrogen (secondary N) is 1. The molecule has 0 saturated heterocycles. The van der Waals surface area contributed by atoms with Crippen LogP contribution in [-0.4, -0.2) is 12.2 Å². The molecule has 0 aliphatic heterocycles. The minimum Gasteiger partial charge on any atom is -0.506 e. The Kier molecular flexibility index (Phi) is 2.33. The van der Waals surface area contributed by atoms with E-state index in [1.165, 1.54) is 7.11 Å². The third-order valence-electron chi connectivity index (χ3n) is 1.36. The fraction of sp³-hybridized carbons (Fsp3) is 0.250. The van der Waals surface area contributed by atoms with Crippen molar-refractivity contribution in [2.75, 3.05) is 12.6 Å². The van der Waals surface area contributed by atoms with E-state index < -0.39 is 0 Å². The standard InChI is InChI=1S/C8H11NO2/c1-6-3-4-8(10)7(5-6)9-11-2/h3-5,9-10H,1-2H3. The molecule has 0 atom stereocenters. The van der Waals surface area contributed by atoms with E-state index in [9.17, 15) is 5.11 Å². The summed E-state index contributed by atoms with van der Waals surface area (Å²) in [6.45, 7) is 1.94. The summed E-state index contributed by atoms with van der Waals surface area (Å²) in [5.41, 5.74) is 4.23. The summed E-state index contributed by atoms with van der Waals surface area (Å²) in [5.74, 6) is 0.192. The Labute approximate surface area is 65.6 Å². The highest BCUT2D eigenvalue weighted by atomic mass is 16.6. The Morgan fingerprint density at radius 1 is 1.45 bits per heavy atom. The van der Waals surface area contributed by atoms with Gasteiger partial charge in [0.1, 0.15) is 11.4 Å². The first-order valence-electron chi connectivity index (χ1n) is 3.32. The first-order valence-corrected chi connectivity index (χ1v) is 3.32. The number of anilines is 1. The normalized spacial score (nSPS) is 9.64. The van der Waals surface area contributed by atoms with E-state index in [1.54, 1.807) is 12.1 Å². The summed E-state index contributed by atoms with van der Waals surface area (Å²) in [5, 5.41) is 9.22. The largest absolute Gasteiger partial charge is 0.506 e. The lowest BCUT2D eigenvalue weighted by Crippen LogP contribution is -1.95. The molecule has 0 unspecified atom stereocenters. The van der Waals surface area contributed by atoms with Crippen LogP contribution in [0, 0.1) is 6.92 Å².